The van der Waals surface area contributed by atoms with Crippen LogP contribution in [0.5, 0.6) is 0 Å². The molecule has 2 heterocycles. The highest BCUT2D eigenvalue weighted by molar-refractivity contribution is 5.95. The fourth-order valence-electron chi connectivity index (χ4n) is 3.30. The fourth-order valence-corrected chi connectivity index (χ4v) is 3.30. The van der Waals surface area contributed by atoms with Crippen molar-refractivity contribution in [3.8, 4) is 17.1 Å². The van der Waals surface area contributed by atoms with E-state index in [0.29, 0.717) is 17.1 Å². The zero-order chi connectivity index (χ0) is 20.4. The molecule has 2 aromatic carbocycles. The van der Waals surface area contributed by atoms with E-state index >= 15 is 0 Å². The lowest BCUT2D eigenvalue weighted by atomic mass is 10.1. The first kappa shape index (κ1) is 18.6. The van der Waals surface area contributed by atoms with Gasteiger partial charge in [-0.2, -0.15) is 5.10 Å². The summed E-state index contributed by atoms with van der Waals surface area (Å²) in [5, 5.41) is 7.37. The molecule has 2 aromatic heterocycles. The molecule has 29 heavy (non-hydrogen) atoms. The molecule has 0 spiro atoms. The summed E-state index contributed by atoms with van der Waals surface area (Å²) in [7, 11) is 0. The van der Waals surface area contributed by atoms with E-state index in [2.05, 4.69) is 20.4 Å². The Morgan fingerprint density at radius 2 is 2.03 bits per heavy atom. The van der Waals surface area contributed by atoms with E-state index in [9.17, 15) is 9.18 Å². The summed E-state index contributed by atoms with van der Waals surface area (Å²) in [6.45, 7) is 3.79. The maximum absolute atomic E-state index is 13.5. The number of amides is 1. The van der Waals surface area contributed by atoms with Crippen LogP contribution in [-0.2, 0) is 0 Å². The molecule has 1 amide bonds. The van der Waals surface area contributed by atoms with Crippen molar-refractivity contribution in [2.45, 2.75) is 19.9 Å². The highest BCUT2D eigenvalue weighted by Gasteiger charge is 2.18. The molecule has 7 heteroatoms. The third-order valence-electron chi connectivity index (χ3n) is 4.81. The second-order valence-corrected chi connectivity index (χ2v) is 6.79. The van der Waals surface area contributed by atoms with Gasteiger partial charge in [-0.25, -0.2) is 14.1 Å². The van der Waals surface area contributed by atoms with Crippen LogP contribution in [0.15, 0.2) is 67.1 Å². The lowest BCUT2D eigenvalue weighted by molar-refractivity contribution is 0.0940. The van der Waals surface area contributed by atoms with Gasteiger partial charge < -0.3 is 10.3 Å². The smallest absolute Gasteiger partial charge is 0.251 e. The maximum atomic E-state index is 13.5. The summed E-state index contributed by atoms with van der Waals surface area (Å²) in [4.78, 5) is 20.0. The van der Waals surface area contributed by atoms with E-state index in [0.717, 1.165) is 16.8 Å². The van der Waals surface area contributed by atoms with E-state index in [-0.39, 0.29) is 17.8 Å². The Hall–Kier alpha value is -3.74. The molecular weight excluding hydrogens is 369 g/mol. The first-order valence-corrected chi connectivity index (χ1v) is 9.24. The van der Waals surface area contributed by atoms with Crippen LogP contribution in [0.1, 0.15) is 34.6 Å². The highest BCUT2D eigenvalue weighted by atomic mass is 19.1. The molecule has 6 nitrogen and oxygen atoms in total. The quantitative estimate of drug-likeness (QED) is 0.537. The molecule has 0 unspecified atom stereocenters. The zero-order valence-corrected chi connectivity index (χ0v) is 16.1. The van der Waals surface area contributed by atoms with E-state index < -0.39 is 0 Å². The van der Waals surface area contributed by atoms with Crippen LogP contribution in [-0.4, -0.2) is 25.7 Å². The van der Waals surface area contributed by atoms with Gasteiger partial charge in [0, 0.05) is 34.8 Å². The molecule has 1 atom stereocenters. The van der Waals surface area contributed by atoms with E-state index in [4.69, 9.17) is 0 Å². The Kier molecular flexibility index (Phi) is 4.95. The van der Waals surface area contributed by atoms with Crippen molar-refractivity contribution < 1.29 is 9.18 Å². The molecule has 146 valence electrons. The third-order valence-corrected chi connectivity index (χ3v) is 4.81. The van der Waals surface area contributed by atoms with Crippen LogP contribution < -0.4 is 5.32 Å². The Morgan fingerprint density at radius 1 is 1.21 bits per heavy atom. The number of aromatic nitrogens is 4. The molecule has 4 rings (SSSR count). The number of H-pyrrole nitrogens is 1. The Labute approximate surface area is 167 Å². The molecule has 2 N–H and O–H groups in total. The number of benzene rings is 2. The summed E-state index contributed by atoms with van der Waals surface area (Å²) in [6.07, 6.45) is 5.11. The van der Waals surface area contributed by atoms with Crippen molar-refractivity contribution in [3.63, 3.8) is 0 Å². The minimum absolute atomic E-state index is 0.191. The van der Waals surface area contributed by atoms with Gasteiger partial charge in [-0.3, -0.25) is 4.79 Å². The molecule has 0 fully saturated rings. The minimum atomic E-state index is -0.322. The number of carbonyl (C=O) groups is 1. The molecule has 0 aliphatic rings. The van der Waals surface area contributed by atoms with Gasteiger partial charge in [0.1, 0.15) is 11.6 Å². The molecule has 4 aromatic rings. The number of nitrogens with one attached hydrogen (secondary N) is 2. The average molecular weight is 389 g/mol. The number of halogens is 1. The lowest BCUT2D eigenvalue weighted by Gasteiger charge is -2.14. The topological polar surface area (TPSA) is 75.6 Å². The number of carbonyl (C=O) groups excluding carboxylic acids is 1. The largest absolute Gasteiger partial charge is 0.345 e. The van der Waals surface area contributed by atoms with Gasteiger partial charge in [-0.05, 0) is 44.2 Å². The maximum Gasteiger partial charge on any atom is 0.251 e. The monoisotopic (exact) mass is 389 g/mol. The molecule has 0 aliphatic heterocycles. The van der Waals surface area contributed by atoms with Crippen LogP contribution >= 0.6 is 0 Å². The molecule has 0 saturated carbocycles. The van der Waals surface area contributed by atoms with Gasteiger partial charge in [0.05, 0.1) is 17.9 Å². The number of nitrogens with zero attached hydrogens (tertiary/aromatic N) is 3. The predicted octanol–water partition coefficient (Wildman–Crippen LogP) is 4.20. The number of aromatic amines is 1. The van der Waals surface area contributed by atoms with Crippen molar-refractivity contribution in [2.24, 2.45) is 0 Å². The van der Waals surface area contributed by atoms with E-state index in [1.807, 2.05) is 26.0 Å². The van der Waals surface area contributed by atoms with Crippen LogP contribution in [0.3, 0.4) is 0 Å². The number of hydrogen-bond acceptors (Lipinski definition) is 3. The molecule has 0 radical (unpaired) electrons. The standard InChI is InChI=1S/C22H20FN5O/c1-14(20-13-26-28(15(20)2)19-8-4-7-18(23)12-19)27-22(29)17-6-3-5-16(11-17)21-24-9-10-25-21/h3-14H,1-2H3,(H,24,25)(H,27,29)/t14-/m1/s1. The van der Waals surface area contributed by atoms with Gasteiger partial charge >= 0.3 is 0 Å². The number of hydrogen-bond donors (Lipinski definition) is 2. The van der Waals surface area contributed by atoms with E-state index in [1.165, 1.54) is 12.1 Å². The SMILES string of the molecule is Cc1c([C@@H](C)NC(=O)c2cccc(-c3ncc[nH]3)c2)cnn1-c1cccc(F)c1. The van der Waals surface area contributed by atoms with Gasteiger partial charge in [0.15, 0.2) is 0 Å². The molecule has 0 bridgehead atoms. The van der Waals surface area contributed by atoms with Crippen LogP contribution in [0.2, 0.25) is 0 Å². The number of imidazole rings is 1. The first-order chi connectivity index (χ1) is 14.0. The molecule has 0 saturated heterocycles. The third kappa shape index (κ3) is 3.80. The van der Waals surface area contributed by atoms with Gasteiger partial charge in [-0.1, -0.05) is 18.2 Å². The van der Waals surface area contributed by atoms with Gasteiger partial charge in [0.25, 0.3) is 5.91 Å². The Morgan fingerprint density at radius 3 is 2.79 bits per heavy atom. The van der Waals surface area contributed by atoms with Crippen molar-refractivity contribution in [2.75, 3.05) is 0 Å². The van der Waals surface area contributed by atoms with Crippen molar-refractivity contribution in [1.82, 2.24) is 25.1 Å². The van der Waals surface area contributed by atoms with E-state index in [1.54, 1.807) is 47.5 Å². The first-order valence-electron chi connectivity index (χ1n) is 9.24. The van der Waals surface area contributed by atoms with Crippen molar-refractivity contribution in [3.05, 3.63) is 89.8 Å². The second kappa shape index (κ2) is 7.71. The summed E-state index contributed by atoms with van der Waals surface area (Å²) < 4.78 is 15.2. The summed E-state index contributed by atoms with van der Waals surface area (Å²) in [6, 6.07) is 13.3. The van der Waals surface area contributed by atoms with Gasteiger partial charge in [0.2, 0.25) is 0 Å². The van der Waals surface area contributed by atoms with Crippen molar-refractivity contribution in [1.29, 1.82) is 0 Å². The normalized spacial score (nSPS) is 12.0. The summed E-state index contributed by atoms with van der Waals surface area (Å²) in [5.41, 5.74) is 3.72. The van der Waals surface area contributed by atoms with Crippen LogP contribution in [0.25, 0.3) is 17.1 Å². The number of rotatable bonds is 5. The predicted molar refractivity (Wildman–Crippen MR) is 108 cm³/mol. The van der Waals surface area contributed by atoms with Gasteiger partial charge in [-0.15, -0.1) is 0 Å². The average Bonchev–Trinajstić information content (AvgIpc) is 3.38. The van der Waals surface area contributed by atoms with Crippen molar-refractivity contribution >= 4 is 5.91 Å². The zero-order valence-electron chi connectivity index (χ0n) is 16.1. The van der Waals surface area contributed by atoms with Crippen LogP contribution in [0, 0.1) is 12.7 Å². The lowest BCUT2D eigenvalue weighted by Crippen LogP contribution is -2.27. The fraction of sp³-hybridized carbons (Fsp3) is 0.136. The summed E-state index contributed by atoms with van der Waals surface area (Å²) >= 11 is 0. The molecule has 0 aliphatic carbocycles. The molecular formula is C22H20FN5O. The highest BCUT2D eigenvalue weighted by Crippen LogP contribution is 2.22. The minimum Gasteiger partial charge on any atom is -0.345 e. The van der Waals surface area contributed by atoms with Crippen LogP contribution in [0.4, 0.5) is 4.39 Å². The summed E-state index contributed by atoms with van der Waals surface area (Å²) in [5.74, 6) is 0.195. The Balaban J connectivity index is 1.53. The Bertz CT molecular complexity index is 1150. The second-order valence-electron chi connectivity index (χ2n) is 6.79.